The molecule has 4 saturated heterocycles. The van der Waals surface area contributed by atoms with Crippen molar-refractivity contribution in [2.75, 3.05) is 42.9 Å². The standard InChI is InChI=1S/C29H29F4N7O2/c30-18-11-17-21(12-23(18)40-10-7-16(13-40)34-28(42)29(31,32)33)38-27(41)24(26-36-19-3-1-2-4-20(19)37-26)25(17)35-22-14-39-8-5-15(22)6-9-39/h1-4,11-12,15-16,22H,5-10,13-14H2,(H,34,42)(H,36,37)(H2,35,38,41)/t16?,22-/m1/s1. The van der Waals surface area contributed by atoms with Crippen molar-refractivity contribution in [1.82, 2.24) is 25.2 Å². The molecule has 4 aromatic rings. The number of hydrogen-bond donors (Lipinski definition) is 4. The predicted octanol–water partition coefficient (Wildman–Crippen LogP) is 3.97. The van der Waals surface area contributed by atoms with Gasteiger partial charge in [0.25, 0.3) is 5.56 Å². The number of halogens is 4. The Hall–Kier alpha value is -4.13. The number of nitrogens with one attached hydrogen (secondary N) is 4. The highest BCUT2D eigenvalue weighted by atomic mass is 19.4. The molecule has 42 heavy (non-hydrogen) atoms. The van der Waals surface area contributed by atoms with Gasteiger partial charge < -0.3 is 30.4 Å². The Labute approximate surface area is 237 Å². The van der Waals surface area contributed by atoms with Gasteiger partial charge in [0.2, 0.25) is 0 Å². The minimum absolute atomic E-state index is 0.0102. The van der Waals surface area contributed by atoms with Crippen molar-refractivity contribution in [2.24, 2.45) is 5.92 Å². The van der Waals surface area contributed by atoms with Gasteiger partial charge in [0.1, 0.15) is 17.2 Å². The maximum absolute atomic E-state index is 15.8. The molecule has 4 fully saturated rings. The summed E-state index contributed by atoms with van der Waals surface area (Å²) in [6.07, 6.45) is -2.68. The molecule has 2 aromatic heterocycles. The molecular formula is C29H29F4N7O2. The van der Waals surface area contributed by atoms with Crippen molar-refractivity contribution in [1.29, 1.82) is 0 Å². The molecule has 0 aliphatic carbocycles. The van der Waals surface area contributed by atoms with Crippen LogP contribution < -0.4 is 21.1 Å². The van der Waals surface area contributed by atoms with E-state index in [4.69, 9.17) is 0 Å². The van der Waals surface area contributed by atoms with Crippen molar-refractivity contribution in [3.8, 4) is 11.4 Å². The summed E-state index contributed by atoms with van der Waals surface area (Å²) >= 11 is 0. The van der Waals surface area contributed by atoms with Crippen molar-refractivity contribution < 1.29 is 22.4 Å². The average Bonchev–Trinajstić information content (AvgIpc) is 3.60. The van der Waals surface area contributed by atoms with E-state index in [1.165, 1.54) is 12.1 Å². The fourth-order valence-corrected chi connectivity index (χ4v) is 6.67. The third-order valence-corrected chi connectivity index (χ3v) is 8.82. The number of benzene rings is 2. The molecule has 4 N–H and O–H groups in total. The van der Waals surface area contributed by atoms with Crippen LogP contribution in [0, 0.1) is 11.7 Å². The summed E-state index contributed by atoms with van der Waals surface area (Å²) in [7, 11) is 0. The maximum atomic E-state index is 15.8. The van der Waals surface area contributed by atoms with Gasteiger partial charge in [-0.25, -0.2) is 9.37 Å². The van der Waals surface area contributed by atoms with E-state index >= 15 is 4.39 Å². The second-order valence-electron chi connectivity index (χ2n) is 11.4. The lowest BCUT2D eigenvalue weighted by Gasteiger charge is -2.45. The molecule has 1 amide bonds. The Morgan fingerprint density at radius 2 is 1.79 bits per heavy atom. The summed E-state index contributed by atoms with van der Waals surface area (Å²) in [5, 5.41) is 6.06. The van der Waals surface area contributed by atoms with Crippen molar-refractivity contribution in [3.63, 3.8) is 0 Å². The lowest BCUT2D eigenvalue weighted by Crippen LogP contribution is -2.53. The minimum Gasteiger partial charge on any atom is -0.379 e. The molecule has 13 heteroatoms. The summed E-state index contributed by atoms with van der Waals surface area (Å²) in [4.78, 5) is 39.9. The normalized spacial score (nSPS) is 24.0. The molecule has 4 aliphatic rings. The Kier molecular flexibility index (Phi) is 6.37. The molecule has 2 aromatic carbocycles. The minimum atomic E-state index is -4.99. The summed E-state index contributed by atoms with van der Waals surface area (Å²) < 4.78 is 54.0. The van der Waals surface area contributed by atoms with Gasteiger partial charge >= 0.3 is 12.1 Å². The quantitative estimate of drug-likeness (QED) is 0.265. The van der Waals surface area contributed by atoms with E-state index < -0.39 is 29.5 Å². The van der Waals surface area contributed by atoms with E-state index in [0.29, 0.717) is 39.4 Å². The van der Waals surface area contributed by atoms with Crippen LogP contribution in [0.25, 0.3) is 33.3 Å². The van der Waals surface area contributed by atoms with Crippen LogP contribution in [0.4, 0.5) is 28.9 Å². The zero-order valence-electron chi connectivity index (χ0n) is 22.5. The highest BCUT2D eigenvalue weighted by Gasteiger charge is 2.41. The molecular weight excluding hydrogens is 554 g/mol. The van der Waals surface area contributed by atoms with Gasteiger partial charge in [-0.05, 0) is 62.5 Å². The number of alkyl halides is 3. The van der Waals surface area contributed by atoms with Crippen molar-refractivity contribution >= 4 is 39.2 Å². The monoisotopic (exact) mass is 583 g/mol. The highest BCUT2D eigenvalue weighted by molar-refractivity contribution is 6.00. The Morgan fingerprint density at radius 1 is 1.00 bits per heavy atom. The Balaban J connectivity index is 1.29. The van der Waals surface area contributed by atoms with Gasteiger partial charge in [0.15, 0.2) is 0 Å². The van der Waals surface area contributed by atoms with E-state index in [0.717, 1.165) is 38.0 Å². The number of para-hydroxylation sites is 2. The lowest BCUT2D eigenvalue weighted by atomic mass is 9.83. The summed E-state index contributed by atoms with van der Waals surface area (Å²) in [5.74, 6) is -1.80. The van der Waals surface area contributed by atoms with Gasteiger partial charge in [-0.15, -0.1) is 0 Å². The smallest absolute Gasteiger partial charge is 0.379 e. The van der Waals surface area contributed by atoms with Gasteiger partial charge in [0, 0.05) is 37.1 Å². The Bertz CT molecular complexity index is 1710. The number of hydrogen-bond acceptors (Lipinski definition) is 6. The van der Waals surface area contributed by atoms with Crippen molar-refractivity contribution in [3.05, 3.63) is 52.6 Å². The number of piperidine rings is 3. The molecule has 1 unspecified atom stereocenters. The van der Waals surface area contributed by atoms with Crippen LogP contribution in [0.5, 0.6) is 0 Å². The van der Waals surface area contributed by atoms with Gasteiger partial charge in [-0.3, -0.25) is 9.59 Å². The molecule has 4 aliphatic heterocycles. The first-order valence-electron chi connectivity index (χ1n) is 14.1. The molecule has 220 valence electrons. The zero-order chi connectivity index (χ0) is 29.2. The number of carbonyl (C=O) groups excluding carboxylic acids is 1. The van der Waals surface area contributed by atoms with Crippen LogP contribution in [0.3, 0.4) is 0 Å². The third kappa shape index (κ3) is 4.75. The van der Waals surface area contributed by atoms with Crippen LogP contribution >= 0.6 is 0 Å². The number of H-pyrrole nitrogens is 2. The van der Waals surface area contributed by atoms with Gasteiger partial charge in [-0.1, -0.05) is 12.1 Å². The van der Waals surface area contributed by atoms with E-state index in [2.05, 4.69) is 25.2 Å². The number of rotatable bonds is 5. The number of nitrogens with zero attached hydrogens (tertiary/aromatic N) is 3. The van der Waals surface area contributed by atoms with Gasteiger partial charge in [0.05, 0.1) is 27.9 Å². The fraction of sp³-hybridized carbons (Fsp3) is 0.414. The number of aromatic nitrogens is 3. The van der Waals surface area contributed by atoms with E-state index in [-0.39, 0.29) is 31.2 Å². The van der Waals surface area contributed by atoms with E-state index in [1.807, 2.05) is 29.6 Å². The van der Waals surface area contributed by atoms with Crippen molar-refractivity contribution in [2.45, 2.75) is 37.5 Å². The predicted molar refractivity (Wildman–Crippen MR) is 151 cm³/mol. The largest absolute Gasteiger partial charge is 0.471 e. The number of amides is 1. The molecule has 9 nitrogen and oxygen atoms in total. The second kappa shape index (κ2) is 10.0. The first kappa shape index (κ1) is 26.7. The summed E-state index contributed by atoms with van der Waals surface area (Å²) in [6.45, 7) is 3.15. The molecule has 2 atom stereocenters. The molecule has 0 saturated carbocycles. The van der Waals surface area contributed by atoms with Crippen LogP contribution in [0.15, 0.2) is 41.2 Å². The lowest BCUT2D eigenvalue weighted by molar-refractivity contribution is -0.174. The second-order valence-corrected chi connectivity index (χ2v) is 11.4. The van der Waals surface area contributed by atoms with Crippen LogP contribution in [-0.4, -0.2) is 76.7 Å². The van der Waals surface area contributed by atoms with Crippen LogP contribution in [-0.2, 0) is 4.79 Å². The molecule has 0 spiro atoms. The topological polar surface area (TPSA) is 109 Å². The van der Waals surface area contributed by atoms with Crippen LogP contribution in [0.1, 0.15) is 19.3 Å². The molecule has 2 bridgehead atoms. The number of imidazole rings is 1. The van der Waals surface area contributed by atoms with E-state index in [9.17, 15) is 22.8 Å². The number of aromatic amines is 2. The zero-order valence-corrected chi connectivity index (χ0v) is 22.5. The average molecular weight is 584 g/mol. The van der Waals surface area contributed by atoms with Crippen LogP contribution in [0.2, 0.25) is 0 Å². The van der Waals surface area contributed by atoms with Gasteiger partial charge in [-0.2, -0.15) is 13.2 Å². The first-order valence-corrected chi connectivity index (χ1v) is 14.1. The molecule has 6 heterocycles. The number of pyridine rings is 1. The summed E-state index contributed by atoms with van der Waals surface area (Å²) in [6, 6.07) is 9.61. The number of anilines is 2. The molecule has 8 rings (SSSR count). The Morgan fingerprint density at radius 3 is 2.50 bits per heavy atom. The third-order valence-electron chi connectivity index (χ3n) is 8.82. The number of fused-ring (bicyclic) bond motifs is 5. The number of carbonyl (C=O) groups is 1. The summed E-state index contributed by atoms with van der Waals surface area (Å²) in [5.41, 5.74) is 2.38. The maximum Gasteiger partial charge on any atom is 0.471 e. The molecule has 0 radical (unpaired) electrons. The highest BCUT2D eigenvalue weighted by Crippen LogP contribution is 2.38. The van der Waals surface area contributed by atoms with E-state index in [1.54, 1.807) is 4.90 Å². The first-order chi connectivity index (χ1) is 20.1. The fourth-order valence-electron chi connectivity index (χ4n) is 6.67. The SMILES string of the molecule is O=C(NC1CCN(c2cc3[nH]c(=O)c(-c4nc5ccccc5[nH]4)c(N[C@@H]4CN5CCC4CC5)c3cc2F)C1)C(F)(F)F.